The molecule has 0 aromatic heterocycles. The number of hydrogen-bond acceptors (Lipinski definition) is 4. The smallest absolute Gasteiger partial charge is 0.321 e. The number of amides is 1. The zero-order valence-electron chi connectivity index (χ0n) is 5.11. The Kier molecular flexibility index (Phi) is 3.82. The first-order valence-electron chi connectivity index (χ1n) is 2.44. The Morgan fingerprint density at radius 3 is 2.40 bits per heavy atom. The van der Waals surface area contributed by atoms with E-state index >= 15 is 0 Å². The number of primary amides is 1. The maximum atomic E-state index is 10.1. The summed E-state index contributed by atoms with van der Waals surface area (Å²) in [7, 11) is 0. The first kappa shape index (κ1) is 9.25. The fourth-order valence-corrected chi connectivity index (χ4v) is 0.730. The van der Waals surface area contributed by atoms with E-state index in [-0.39, 0.29) is 5.75 Å². The number of rotatable bonds is 3. The molecule has 0 radical (unpaired) electrons. The van der Waals surface area contributed by atoms with E-state index in [9.17, 15) is 9.59 Å². The number of thioether (sulfide) groups is 1. The topological polar surface area (TPSA) is 106 Å². The van der Waals surface area contributed by atoms with Crippen LogP contribution in [0.25, 0.3) is 0 Å². The molecule has 0 fully saturated rings. The molecule has 1 atom stereocenters. The summed E-state index contributed by atoms with van der Waals surface area (Å²) in [5, 5.41) is 7.59. The minimum atomic E-state index is -1.13. The van der Waals surface area contributed by atoms with Gasteiger partial charge in [-0.05, 0) is 0 Å². The van der Waals surface area contributed by atoms with Crippen LogP contribution in [-0.2, 0) is 4.79 Å². The average Bonchev–Trinajstić information content (AvgIpc) is 1.82. The summed E-state index contributed by atoms with van der Waals surface area (Å²) in [6.07, 6.45) is 0. The Labute approximate surface area is 61.8 Å². The quantitative estimate of drug-likeness (QED) is 0.506. The van der Waals surface area contributed by atoms with Crippen molar-refractivity contribution in [1.82, 2.24) is 0 Å². The van der Waals surface area contributed by atoms with Crippen molar-refractivity contribution in [1.29, 1.82) is 0 Å². The lowest BCUT2D eigenvalue weighted by Gasteiger charge is -2.01. The van der Waals surface area contributed by atoms with Crippen molar-refractivity contribution < 1.29 is 14.7 Å². The number of aliphatic carboxylic acids is 1. The van der Waals surface area contributed by atoms with Crippen LogP contribution in [0, 0.1) is 0 Å². The molecule has 0 saturated carbocycles. The Morgan fingerprint density at radius 2 is 2.10 bits per heavy atom. The molecule has 0 heterocycles. The van der Waals surface area contributed by atoms with Crippen molar-refractivity contribution in [3.05, 3.63) is 0 Å². The number of carbonyl (C=O) groups is 2. The Balaban J connectivity index is 3.49. The van der Waals surface area contributed by atoms with E-state index in [1.165, 1.54) is 0 Å². The molecule has 0 unspecified atom stereocenters. The summed E-state index contributed by atoms with van der Waals surface area (Å²) < 4.78 is 0. The van der Waals surface area contributed by atoms with Crippen LogP contribution in [-0.4, -0.2) is 28.1 Å². The van der Waals surface area contributed by atoms with Crippen LogP contribution in [0.2, 0.25) is 0 Å². The summed E-state index contributed by atoms with van der Waals surface area (Å²) in [6.45, 7) is 0. The van der Waals surface area contributed by atoms with Gasteiger partial charge in [0.1, 0.15) is 6.04 Å². The largest absolute Gasteiger partial charge is 0.480 e. The van der Waals surface area contributed by atoms with Crippen LogP contribution in [0.1, 0.15) is 0 Å². The van der Waals surface area contributed by atoms with Crippen LogP contribution in [0.5, 0.6) is 0 Å². The van der Waals surface area contributed by atoms with Crippen LogP contribution in [0.4, 0.5) is 4.79 Å². The third-order valence-electron chi connectivity index (χ3n) is 0.722. The maximum Gasteiger partial charge on any atom is 0.321 e. The summed E-state index contributed by atoms with van der Waals surface area (Å²) in [6, 6.07) is -1.02. The van der Waals surface area contributed by atoms with Gasteiger partial charge in [0.15, 0.2) is 0 Å². The van der Waals surface area contributed by atoms with E-state index in [1.54, 1.807) is 0 Å². The van der Waals surface area contributed by atoms with E-state index in [0.717, 1.165) is 0 Å². The lowest BCUT2D eigenvalue weighted by Crippen LogP contribution is -2.33. The van der Waals surface area contributed by atoms with E-state index in [2.05, 4.69) is 0 Å². The minimum absolute atomic E-state index is 0.0185. The summed E-state index contributed by atoms with van der Waals surface area (Å²) in [5.41, 5.74) is 9.75. The van der Waals surface area contributed by atoms with Gasteiger partial charge >= 0.3 is 5.97 Å². The molecule has 5 nitrogen and oxygen atoms in total. The van der Waals surface area contributed by atoms with Gasteiger partial charge in [0.05, 0.1) is 0 Å². The summed E-state index contributed by atoms with van der Waals surface area (Å²) in [4.78, 5) is 20.1. The van der Waals surface area contributed by atoms with E-state index in [4.69, 9.17) is 16.6 Å². The second-order valence-corrected chi connectivity index (χ2v) is 2.60. The van der Waals surface area contributed by atoms with E-state index in [1.807, 2.05) is 0 Å². The monoisotopic (exact) mass is 164 g/mol. The zero-order valence-corrected chi connectivity index (χ0v) is 5.93. The summed E-state index contributed by atoms with van der Waals surface area (Å²) >= 11 is 0.701. The lowest BCUT2D eigenvalue weighted by molar-refractivity contribution is -0.137. The fraction of sp³-hybridized carbons (Fsp3) is 0.500. The molecule has 0 aliphatic rings. The minimum Gasteiger partial charge on any atom is -0.480 e. The molecule has 0 spiro atoms. The van der Waals surface area contributed by atoms with Crippen LogP contribution in [0.15, 0.2) is 0 Å². The highest BCUT2D eigenvalue weighted by Crippen LogP contribution is 2.00. The van der Waals surface area contributed by atoms with Gasteiger partial charge in [-0.3, -0.25) is 9.59 Å². The third-order valence-corrected chi connectivity index (χ3v) is 1.53. The first-order chi connectivity index (χ1) is 4.54. The molecule has 0 aromatic carbocycles. The standard InChI is InChI=1S/C4H8N2O3S/c5-2(3(7)8)1-10-4(6)9/h2H,1,5H2,(H2,6,9)(H,7,8)/t2-/m1/s1. The molecule has 58 valence electrons. The van der Waals surface area contributed by atoms with Gasteiger partial charge in [0.2, 0.25) is 0 Å². The number of carboxylic acids is 1. The second-order valence-electron chi connectivity index (χ2n) is 1.57. The molecule has 10 heavy (non-hydrogen) atoms. The molecule has 0 aliphatic heterocycles. The van der Waals surface area contributed by atoms with Gasteiger partial charge in [-0.1, -0.05) is 11.8 Å². The number of nitrogens with two attached hydrogens (primary N) is 2. The lowest BCUT2D eigenvalue weighted by atomic mass is 10.4. The predicted molar refractivity (Wildman–Crippen MR) is 37.7 cm³/mol. The van der Waals surface area contributed by atoms with Crippen LogP contribution in [0.3, 0.4) is 0 Å². The van der Waals surface area contributed by atoms with Gasteiger partial charge in [-0.2, -0.15) is 0 Å². The van der Waals surface area contributed by atoms with Crippen molar-refractivity contribution in [2.75, 3.05) is 5.75 Å². The highest BCUT2D eigenvalue weighted by Gasteiger charge is 2.11. The number of carbonyl (C=O) groups excluding carboxylic acids is 1. The molecule has 0 saturated heterocycles. The number of hydrogen-bond donors (Lipinski definition) is 3. The second kappa shape index (κ2) is 4.13. The predicted octanol–water partition coefficient (Wildman–Crippen LogP) is -0.790. The van der Waals surface area contributed by atoms with Gasteiger partial charge in [0, 0.05) is 5.75 Å². The molecule has 0 rings (SSSR count). The molecule has 1 amide bonds. The molecule has 0 aliphatic carbocycles. The van der Waals surface area contributed by atoms with Crippen LogP contribution >= 0.6 is 11.8 Å². The molecule has 5 N–H and O–H groups in total. The van der Waals surface area contributed by atoms with E-state index in [0.29, 0.717) is 11.8 Å². The van der Waals surface area contributed by atoms with Gasteiger partial charge < -0.3 is 16.6 Å². The SMILES string of the molecule is NC(=O)SC[C@@H](N)C(=O)O. The highest BCUT2D eigenvalue weighted by molar-refractivity contribution is 8.13. The Bertz CT molecular complexity index is 149. The van der Waals surface area contributed by atoms with Crippen molar-refractivity contribution >= 4 is 23.0 Å². The van der Waals surface area contributed by atoms with Gasteiger partial charge in [-0.15, -0.1) is 0 Å². The first-order valence-corrected chi connectivity index (χ1v) is 3.43. The highest BCUT2D eigenvalue weighted by atomic mass is 32.2. The fourth-order valence-electron chi connectivity index (χ4n) is 0.243. The molecule has 0 aromatic rings. The normalized spacial score (nSPS) is 12.5. The van der Waals surface area contributed by atoms with E-state index < -0.39 is 17.3 Å². The molecular weight excluding hydrogens is 156 g/mol. The van der Waals surface area contributed by atoms with Crippen LogP contribution < -0.4 is 11.5 Å². The third kappa shape index (κ3) is 4.16. The average molecular weight is 164 g/mol. The molecular formula is C4H8N2O3S. The summed E-state index contributed by atoms with van der Waals surface area (Å²) in [5.74, 6) is -1.11. The van der Waals surface area contributed by atoms with Crippen molar-refractivity contribution in [3.63, 3.8) is 0 Å². The van der Waals surface area contributed by atoms with Crippen molar-refractivity contribution in [2.45, 2.75) is 6.04 Å². The van der Waals surface area contributed by atoms with Gasteiger partial charge in [0.25, 0.3) is 5.24 Å². The Hall–Kier alpha value is -0.750. The van der Waals surface area contributed by atoms with Crippen molar-refractivity contribution in [2.24, 2.45) is 11.5 Å². The Morgan fingerprint density at radius 1 is 1.60 bits per heavy atom. The zero-order chi connectivity index (χ0) is 8.15. The van der Waals surface area contributed by atoms with Crippen molar-refractivity contribution in [3.8, 4) is 0 Å². The number of carboxylic acid groups (broad SMARTS) is 1. The maximum absolute atomic E-state index is 10.1. The molecule has 0 bridgehead atoms. The van der Waals surface area contributed by atoms with Gasteiger partial charge in [-0.25, -0.2) is 0 Å². The molecule has 6 heteroatoms.